The monoisotopic (exact) mass is 364 g/mol. The van der Waals surface area contributed by atoms with Crippen molar-refractivity contribution in [3.8, 4) is 5.75 Å². The third-order valence-electron chi connectivity index (χ3n) is 4.12. The van der Waals surface area contributed by atoms with Crippen LogP contribution in [0.5, 0.6) is 5.75 Å². The third-order valence-corrected chi connectivity index (χ3v) is 4.37. The van der Waals surface area contributed by atoms with E-state index >= 15 is 0 Å². The van der Waals surface area contributed by atoms with E-state index in [1.165, 1.54) is 0 Å². The van der Waals surface area contributed by atoms with Crippen LogP contribution in [0, 0.1) is 0 Å². The van der Waals surface area contributed by atoms with Crippen molar-refractivity contribution in [2.24, 2.45) is 0 Å². The molecule has 0 saturated carbocycles. The SMILES string of the molecule is COc1ccc(/C(=C/c2ccc(Cl)cc2)OC(C)c2ccccc2)cc1. The number of hydrogen-bond donors (Lipinski definition) is 0. The van der Waals surface area contributed by atoms with Gasteiger partial charge < -0.3 is 9.47 Å². The Morgan fingerprint density at radius 2 is 1.54 bits per heavy atom. The summed E-state index contributed by atoms with van der Waals surface area (Å²) < 4.78 is 11.6. The molecule has 0 fully saturated rings. The lowest BCUT2D eigenvalue weighted by atomic mass is 10.1. The molecule has 3 rings (SSSR count). The second kappa shape index (κ2) is 8.59. The summed E-state index contributed by atoms with van der Waals surface area (Å²) in [6.07, 6.45) is 1.95. The second-order valence-corrected chi connectivity index (χ2v) is 6.40. The molecular formula is C23H21ClO2. The standard InChI is InChI=1S/C23H21ClO2/c1-17(19-6-4-3-5-7-19)26-23(16-18-8-12-21(24)13-9-18)20-10-14-22(25-2)15-11-20/h3-17H,1-2H3/b23-16-. The van der Waals surface area contributed by atoms with Crippen molar-refractivity contribution < 1.29 is 9.47 Å². The largest absolute Gasteiger partial charge is 0.497 e. The zero-order valence-electron chi connectivity index (χ0n) is 14.9. The van der Waals surface area contributed by atoms with Crippen LogP contribution in [-0.2, 0) is 4.74 Å². The van der Waals surface area contributed by atoms with Gasteiger partial charge in [0, 0.05) is 10.6 Å². The van der Waals surface area contributed by atoms with Crippen molar-refractivity contribution >= 4 is 23.4 Å². The van der Waals surface area contributed by atoms with Crippen LogP contribution < -0.4 is 4.74 Å². The minimum absolute atomic E-state index is 0.0724. The molecule has 0 aromatic heterocycles. The number of methoxy groups -OCH3 is 1. The van der Waals surface area contributed by atoms with Crippen LogP contribution in [0.4, 0.5) is 0 Å². The van der Waals surface area contributed by atoms with Gasteiger partial charge in [0.2, 0.25) is 0 Å². The van der Waals surface area contributed by atoms with Gasteiger partial charge in [0.1, 0.15) is 17.6 Å². The van der Waals surface area contributed by atoms with Crippen molar-refractivity contribution in [3.05, 3.63) is 101 Å². The maximum Gasteiger partial charge on any atom is 0.128 e. The maximum atomic E-state index is 6.32. The van der Waals surface area contributed by atoms with Gasteiger partial charge in [0.15, 0.2) is 0 Å². The highest BCUT2D eigenvalue weighted by molar-refractivity contribution is 6.30. The summed E-state index contributed by atoms with van der Waals surface area (Å²) in [5.74, 6) is 1.61. The lowest BCUT2D eigenvalue weighted by Gasteiger charge is -2.18. The van der Waals surface area contributed by atoms with Crippen molar-refractivity contribution in [1.29, 1.82) is 0 Å². The van der Waals surface area contributed by atoms with E-state index in [0.29, 0.717) is 5.02 Å². The molecule has 0 aliphatic heterocycles. The van der Waals surface area contributed by atoms with E-state index in [1.54, 1.807) is 7.11 Å². The van der Waals surface area contributed by atoms with E-state index in [0.717, 1.165) is 28.2 Å². The van der Waals surface area contributed by atoms with Gasteiger partial charge in [0.05, 0.1) is 7.11 Å². The zero-order valence-corrected chi connectivity index (χ0v) is 15.6. The Morgan fingerprint density at radius 3 is 2.15 bits per heavy atom. The molecule has 0 saturated heterocycles. The van der Waals surface area contributed by atoms with Gasteiger partial charge in [-0.25, -0.2) is 0 Å². The Labute approximate surface area is 159 Å². The lowest BCUT2D eigenvalue weighted by molar-refractivity contribution is 0.190. The summed E-state index contributed by atoms with van der Waals surface area (Å²) in [6.45, 7) is 2.05. The van der Waals surface area contributed by atoms with Crippen molar-refractivity contribution in [1.82, 2.24) is 0 Å². The van der Waals surface area contributed by atoms with Gasteiger partial charge in [-0.05, 0) is 60.5 Å². The molecule has 0 bridgehead atoms. The molecule has 0 aliphatic carbocycles. The number of halogens is 1. The molecule has 0 amide bonds. The molecule has 1 atom stereocenters. The number of ether oxygens (including phenoxy) is 2. The van der Waals surface area contributed by atoms with Crippen molar-refractivity contribution in [2.45, 2.75) is 13.0 Å². The number of rotatable bonds is 6. The highest BCUT2D eigenvalue weighted by atomic mass is 35.5. The Hall–Kier alpha value is -2.71. The van der Waals surface area contributed by atoms with Crippen LogP contribution in [0.2, 0.25) is 5.02 Å². The molecule has 0 radical (unpaired) electrons. The van der Waals surface area contributed by atoms with E-state index in [4.69, 9.17) is 21.1 Å². The molecule has 26 heavy (non-hydrogen) atoms. The first-order chi connectivity index (χ1) is 12.7. The molecule has 0 spiro atoms. The highest BCUT2D eigenvalue weighted by Crippen LogP contribution is 2.29. The smallest absolute Gasteiger partial charge is 0.128 e. The van der Waals surface area contributed by atoms with Gasteiger partial charge in [-0.1, -0.05) is 54.1 Å². The molecule has 0 heterocycles. The van der Waals surface area contributed by atoms with Crippen LogP contribution >= 0.6 is 11.6 Å². The predicted octanol–water partition coefficient (Wildman–Crippen LogP) is 6.62. The van der Waals surface area contributed by atoms with Crippen LogP contribution in [-0.4, -0.2) is 7.11 Å². The van der Waals surface area contributed by atoms with Crippen LogP contribution in [0.15, 0.2) is 78.9 Å². The lowest BCUT2D eigenvalue weighted by Crippen LogP contribution is -2.00. The van der Waals surface area contributed by atoms with E-state index in [1.807, 2.05) is 72.8 Å². The van der Waals surface area contributed by atoms with E-state index in [-0.39, 0.29) is 6.10 Å². The predicted molar refractivity (Wildman–Crippen MR) is 108 cm³/mol. The molecule has 1 unspecified atom stereocenters. The molecule has 0 N–H and O–H groups in total. The highest BCUT2D eigenvalue weighted by Gasteiger charge is 2.11. The maximum absolute atomic E-state index is 6.32. The molecule has 132 valence electrons. The van der Waals surface area contributed by atoms with E-state index in [9.17, 15) is 0 Å². The molecule has 2 nitrogen and oxygen atoms in total. The molecule has 3 heteroatoms. The quantitative estimate of drug-likeness (QED) is 0.361. The first-order valence-electron chi connectivity index (χ1n) is 8.49. The Bertz CT molecular complexity index is 853. The van der Waals surface area contributed by atoms with E-state index in [2.05, 4.69) is 19.1 Å². The van der Waals surface area contributed by atoms with E-state index < -0.39 is 0 Å². The first-order valence-corrected chi connectivity index (χ1v) is 8.87. The van der Waals surface area contributed by atoms with Crippen LogP contribution in [0.1, 0.15) is 29.7 Å². The van der Waals surface area contributed by atoms with Crippen LogP contribution in [0.3, 0.4) is 0 Å². The second-order valence-electron chi connectivity index (χ2n) is 5.96. The minimum atomic E-state index is -0.0724. The topological polar surface area (TPSA) is 18.5 Å². The Morgan fingerprint density at radius 1 is 0.885 bits per heavy atom. The first kappa shape index (κ1) is 18.1. The average Bonchev–Trinajstić information content (AvgIpc) is 2.70. The van der Waals surface area contributed by atoms with Crippen molar-refractivity contribution in [2.75, 3.05) is 7.11 Å². The summed E-state index contributed by atoms with van der Waals surface area (Å²) in [4.78, 5) is 0. The number of hydrogen-bond acceptors (Lipinski definition) is 2. The summed E-state index contributed by atoms with van der Waals surface area (Å²) >= 11 is 6.00. The third kappa shape index (κ3) is 4.68. The van der Waals surface area contributed by atoms with Gasteiger partial charge >= 0.3 is 0 Å². The van der Waals surface area contributed by atoms with Crippen molar-refractivity contribution in [3.63, 3.8) is 0 Å². The summed E-state index contributed by atoms with van der Waals surface area (Å²) in [5.41, 5.74) is 3.15. The molecule has 3 aromatic rings. The van der Waals surface area contributed by atoms with Crippen LogP contribution in [0.25, 0.3) is 11.8 Å². The normalized spacial score (nSPS) is 12.5. The average molecular weight is 365 g/mol. The fourth-order valence-electron chi connectivity index (χ4n) is 2.63. The fourth-order valence-corrected chi connectivity index (χ4v) is 2.76. The molecule has 3 aromatic carbocycles. The number of benzene rings is 3. The van der Waals surface area contributed by atoms with Gasteiger partial charge in [-0.15, -0.1) is 0 Å². The molecular weight excluding hydrogens is 344 g/mol. The summed E-state index contributed by atoms with van der Waals surface area (Å²) in [5, 5.41) is 0.715. The molecule has 0 aliphatic rings. The fraction of sp³-hybridized carbons (Fsp3) is 0.130. The Balaban J connectivity index is 1.93. The Kier molecular flexibility index (Phi) is 5.98. The minimum Gasteiger partial charge on any atom is -0.497 e. The van der Waals surface area contributed by atoms with Gasteiger partial charge in [-0.3, -0.25) is 0 Å². The summed E-state index contributed by atoms with van der Waals surface area (Å²) in [6, 6.07) is 25.7. The van der Waals surface area contributed by atoms with Gasteiger partial charge in [0.25, 0.3) is 0 Å². The van der Waals surface area contributed by atoms with Gasteiger partial charge in [-0.2, -0.15) is 0 Å². The summed E-state index contributed by atoms with van der Waals surface area (Å²) in [7, 11) is 1.66. The zero-order chi connectivity index (χ0) is 18.4.